The zero-order valence-electron chi connectivity index (χ0n) is 28.9. The quantitative estimate of drug-likeness (QED) is 0.0689. The van der Waals surface area contributed by atoms with Crippen LogP contribution in [0.15, 0.2) is 188 Å². The number of hydrogen-bond donors (Lipinski definition) is 0. The minimum atomic E-state index is -3.33. The molecule has 0 atom stereocenters. The fourth-order valence-electron chi connectivity index (χ4n) is 8.58. The van der Waals surface area contributed by atoms with E-state index in [0.29, 0.717) is 0 Å². The van der Waals surface area contributed by atoms with Gasteiger partial charge in [0.25, 0.3) is 0 Å². The number of thiophene rings is 1. The van der Waals surface area contributed by atoms with Crippen molar-refractivity contribution in [1.29, 1.82) is 0 Å². The fraction of sp³-hybridized carbons (Fsp3) is 0.0204. The molecular formula is C49H31F2OPS. The summed E-state index contributed by atoms with van der Waals surface area (Å²) >= 11 is 1.50. The Hall–Kier alpha value is -5.93. The van der Waals surface area contributed by atoms with E-state index in [9.17, 15) is 8.78 Å². The molecule has 10 aromatic rings. The van der Waals surface area contributed by atoms with Crippen molar-refractivity contribution in [3.8, 4) is 0 Å². The lowest BCUT2D eigenvalue weighted by Crippen LogP contribution is -2.30. The van der Waals surface area contributed by atoms with Crippen LogP contribution in [0, 0.1) is 11.6 Å². The van der Waals surface area contributed by atoms with Crippen molar-refractivity contribution in [3.63, 3.8) is 0 Å². The molecule has 5 heteroatoms. The van der Waals surface area contributed by atoms with E-state index in [1.807, 2.05) is 91.0 Å². The third kappa shape index (κ3) is 4.84. The molecule has 0 unspecified atom stereocenters. The largest absolute Gasteiger partial charge is 0.308 e. The third-order valence-electron chi connectivity index (χ3n) is 11.0. The maximum Gasteiger partial charge on any atom is 0.180 e. The van der Waals surface area contributed by atoms with Crippen LogP contribution in [0.25, 0.3) is 43.1 Å². The van der Waals surface area contributed by atoms with E-state index in [0.717, 1.165) is 53.0 Å². The van der Waals surface area contributed by atoms with E-state index < -0.39 is 12.6 Å². The summed E-state index contributed by atoms with van der Waals surface area (Å²) in [5, 5.41) is 10.7. The van der Waals surface area contributed by atoms with Crippen molar-refractivity contribution in [2.45, 2.75) is 5.41 Å². The summed E-state index contributed by atoms with van der Waals surface area (Å²) in [5.74, 6) is -0.698. The summed E-state index contributed by atoms with van der Waals surface area (Å²) in [6.07, 6.45) is 0. The molecular weight excluding hydrogens is 706 g/mol. The van der Waals surface area contributed by atoms with Gasteiger partial charge in [0, 0.05) is 15.5 Å². The Balaban J connectivity index is 1.34. The van der Waals surface area contributed by atoms with Gasteiger partial charge in [-0.2, -0.15) is 0 Å². The van der Waals surface area contributed by atoms with Crippen LogP contribution in [0.2, 0.25) is 0 Å². The molecule has 0 N–H and O–H groups in total. The van der Waals surface area contributed by atoms with Crippen LogP contribution in [-0.4, -0.2) is 0 Å². The Morgan fingerprint density at radius 3 is 1.44 bits per heavy atom. The van der Waals surface area contributed by atoms with Crippen molar-refractivity contribution < 1.29 is 13.3 Å². The Bertz CT molecular complexity index is 2930. The number of hydrogen-bond acceptors (Lipinski definition) is 2. The number of halogens is 2. The highest BCUT2D eigenvalue weighted by atomic mass is 32.1. The smallest absolute Gasteiger partial charge is 0.180 e. The predicted octanol–water partition coefficient (Wildman–Crippen LogP) is 12.1. The van der Waals surface area contributed by atoms with E-state index >= 15 is 4.57 Å². The molecule has 1 heterocycles. The summed E-state index contributed by atoms with van der Waals surface area (Å²) in [7, 11) is -3.33. The molecule has 0 aliphatic heterocycles. The van der Waals surface area contributed by atoms with Gasteiger partial charge in [0.05, 0.1) is 10.0 Å². The standard InChI is InChI=1S/C49H31F2OPS/c50-37-24-20-34(21-25-37)49(35-22-26-38(51)27-23-35,45-28-29-46(54-45)53(52,39-13-3-1-4-14-39)40-15-5-2-6-16-40)36-30-33-12-9-18-42-41-17-7-10-32-11-8-19-43(47(32)41)44(31-36)48(33)42/h1-31H. The average molecular weight is 737 g/mol. The second kappa shape index (κ2) is 12.6. The minimum absolute atomic E-state index is 0.349. The third-order valence-corrected chi connectivity index (χ3v) is 15.8. The Labute approximate surface area is 315 Å². The summed E-state index contributed by atoms with van der Waals surface area (Å²) in [6, 6.07) is 60.5. The molecule has 0 fully saturated rings. The van der Waals surface area contributed by atoms with Gasteiger partial charge in [0.15, 0.2) is 7.14 Å². The molecule has 0 bridgehead atoms. The zero-order valence-corrected chi connectivity index (χ0v) is 30.6. The molecule has 0 radical (unpaired) electrons. The van der Waals surface area contributed by atoms with Crippen LogP contribution in [0.5, 0.6) is 0 Å². The summed E-state index contributed by atoms with van der Waals surface area (Å²) in [6.45, 7) is 0. The molecule has 0 amide bonds. The second-order valence-electron chi connectivity index (χ2n) is 13.8. The Morgan fingerprint density at radius 2 is 0.907 bits per heavy atom. The summed E-state index contributed by atoms with van der Waals surface area (Å²) < 4.78 is 46.1. The molecule has 0 spiro atoms. The minimum Gasteiger partial charge on any atom is -0.308 e. The zero-order chi connectivity index (χ0) is 36.4. The van der Waals surface area contributed by atoms with Gasteiger partial charge in [-0.05, 0) is 108 Å². The molecule has 0 aliphatic rings. The second-order valence-corrected chi connectivity index (χ2v) is 17.9. The van der Waals surface area contributed by atoms with Gasteiger partial charge in [-0.15, -0.1) is 11.3 Å². The van der Waals surface area contributed by atoms with Crippen LogP contribution in [0.3, 0.4) is 0 Å². The normalized spacial score (nSPS) is 12.3. The lowest BCUT2D eigenvalue weighted by atomic mass is 9.67. The molecule has 10 rings (SSSR count). The van der Waals surface area contributed by atoms with Gasteiger partial charge < -0.3 is 4.57 Å². The van der Waals surface area contributed by atoms with Crippen LogP contribution in [-0.2, 0) is 9.98 Å². The molecule has 0 saturated heterocycles. The molecule has 1 aromatic heterocycles. The topological polar surface area (TPSA) is 17.1 Å². The first-order valence-corrected chi connectivity index (χ1v) is 20.4. The first-order chi connectivity index (χ1) is 26.5. The van der Waals surface area contributed by atoms with Crippen LogP contribution < -0.4 is 15.2 Å². The van der Waals surface area contributed by atoms with Gasteiger partial charge in [-0.25, -0.2) is 8.78 Å². The molecule has 9 aromatic carbocycles. The Morgan fingerprint density at radius 1 is 0.426 bits per heavy atom. The van der Waals surface area contributed by atoms with Crippen molar-refractivity contribution in [3.05, 3.63) is 221 Å². The van der Waals surface area contributed by atoms with Gasteiger partial charge >= 0.3 is 0 Å². The fourth-order valence-corrected chi connectivity index (χ4v) is 13.3. The molecule has 1 nitrogen and oxygen atoms in total. The van der Waals surface area contributed by atoms with Gasteiger partial charge in [-0.1, -0.05) is 140 Å². The lowest BCUT2D eigenvalue weighted by Gasteiger charge is -2.36. The lowest BCUT2D eigenvalue weighted by molar-refractivity contribution is 0.593. The van der Waals surface area contributed by atoms with Crippen LogP contribution in [0.1, 0.15) is 21.6 Å². The highest BCUT2D eigenvalue weighted by Crippen LogP contribution is 2.52. The highest BCUT2D eigenvalue weighted by molar-refractivity contribution is 7.89. The molecule has 0 saturated carbocycles. The van der Waals surface area contributed by atoms with Gasteiger partial charge in [0.2, 0.25) is 0 Å². The first-order valence-electron chi connectivity index (χ1n) is 17.9. The summed E-state index contributed by atoms with van der Waals surface area (Å²) in [5.41, 5.74) is 1.53. The van der Waals surface area contributed by atoms with Crippen LogP contribution >= 0.6 is 18.5 Å². The van der Waals surface area contributed by atoms with E-state index in [2.05, 4.69) is 72.8 Å². The Kier molecular flexibility index (Phi) is 7.63. The first kappa shape index (κ1) is 32.7. The van der Waals surface area contributed by atoms with Crippen molar-refractivity contribution >= 4 is 76.8 Å². The number of fused-ring (bicyclic) bond motifs is 2. The number of benzene rings is 9. The van der Waals surface area contributed by atoms with Gasteiger partial charge in [0.1, 0.15) is 11.6 Å². The summed E-state index contributed by atoms with van der Waals surface area (Å²) in [4.78, 5) is 0.889. The predicted molar refractivity (Wildman–Crippen MR) is 223 cm³/mol. The van der Waals surface area contributed by atoms with Crippen molar-refractivity contribution in [2.24, 2.45) is 0 Å². The molecule has 258 valence electrons. The maximum atomic E-state index is 15.7. The van der Waals surface area contributed by atoms with Crippen molar-refractivity contribution in [1.82, 2.24) is 0 Å². The molecule has 0 aliphatic carbocycles. The highest BCUT2D eigenvalue weighted by Gasteiger charge is 2.42. The average Bonchev–Trinajstić information content (AvgIpc) is 3.73. The van der Waals surface area contributed by atoms with Gasteiger partial charge in [-0.3, -0.25) is 0 Å². The van der Waals surface area contributed by atoms with Crippen LogP contribution in [0.4, 0.5) is 8.78 Å². The molecule has 54 heavy (non-hydrogen) atoms. The SMILES string of the molecule is O=P(c1ccccc1)(c1ccccc1)c1ccc(C(c2ccc(F)cc2)(c2ccc(F)cc2)c2cc3cccc4c5cccc6cccc(c(c2)c34)c65)s1. The van der Waals surface area contributed by atoms with E-state index in [1.54, 1.807) is 0 Å². The number of rotatable bonds is 7. The van der Waals surface area contributed by atoms with E-state index in [-0.39, 0.29) is 11.6 Å². The van der Waals surface area contributed by atoms with E-state index in [4.69, 9.17) is 0 Å². The monoisotopic (exact) mass is 736 g/mol. The van der Waals surface area contributed by atoms with E-state index in [1.165, 1.54) is 62.5 Å². The van der Waals surface area contributed by atoms with Crippen molar-refractivity contribution in [2.75, 3.05) is 0 Å². The maximum absolute atomic E-state index is 15.7.